The maximum atomic E-state index is 5.95. The lowest BCUT2D eigenvalue weighted by molar-refractivity contribution is 0.299. The van der Waals surface area contributed by atoms with Crippen molar-refractivity contribution < 1.29 is 4.74 Å². The first-order valence-electron chi connectivity index (χ1n) is 6.66. The van der Waals surface area contributed by atoms with Gasteiger partial charge >= 0.3 is 0 Å². The molecule has 1 aromatic heterocycles. The second-order valence-electron chi connectivity index (χ2n) is 4.63. The van der Waals surface area contributed by atoms with E-state index >= 15 is 0 Å². The van der Waals surface area contributed by atoms with Crippen LogP contribution in [0, 0.1) is 6.92 Å². The standard InChI is InChI=1S/C15H19BrN2OS/c1-4-17-11(3)13-7-12(16)5-6-14(13)19-8-15-18-10(2)9-20-15/h5-7,9,11,17H,4,8H2,1-3H3. The van der Waals surface area contributed by atoms with Crippen LogP contribution in [0.3, 0.4) is 0 Å². The molecular formula is C15H19BrN2OS. The zero-order valence-corrected chi connectivity index (χ0v) is 14.3. The number of rotatable bonds is 6. The van der Waals surface area contributed by atoms with E-state index in [-0.39, 0.29) is 6.04 Å². The van der Waals surface area contributed by atoms with E-state index in [0.29, 0.717) is 6.61 Å². The number of thiazole rings is 1. The Morgan fingerprint density at radius 3 is 2.90 bits per heavy atom. The van der Waals surface area contributed by atoms with Crippen LogP contribution < -0.4 is 10.1 Å². The topological polar surface area (TPSA) is 34.1 Å². The summed E-state index contributed by atoms with van der Waals surface area (Å²) >= 11 is 5.16. The van der Waals surface area contributed by atoms with Crippen LogP contribution in [0.15, 0.2) is 28.1 Å². The molecule has 1 atom stereocenters. The predicted molar refractivity (Wildman–Crippen MR) is 87.4 cm³/mol. The molecule has 3 nitrogen and oxygen atoms in total. The maximum Gasteiger partial charge on any atom is 0.140 e. The minimum Gasteiger partial charge on any atom is -0.486 e. The molecule has 0 radical (unpaired) electrons. The molecule has 0 saturated carbocycles. The molecule has 0 aliphatic rings. The Balaban J connectivity index is 2.13. The summed E-state index contributed by atoms with van der Waals surface area (Å²) in [6.07, 6.45) is 0. The lowest BCUT2D eigenvalue weighted by Crippen LogP contribution is -2.18. The molecule has 0 fully saturated rings. The van der Waals surface area contributed by atoms with Gasteiger partial charge in [0.25, 0.3) is 0 Å². The van der Waals surface area contributed by atoms with Crippen LogP contribution >= 0.6 is 27.3 Å². The van der Waals surface area contributed by atoms with Crippen molar-refractivity contribution in [2.45, 2.75) is 33.4 Å². The van der Waals surface area contributed by atoms with Gasteiger partial charge in [0.2, 0.25) is 0 Å². The highest BCUT2D eigenvalue weighted by molar-refractivity contribution is 9.10. The van der Waals surface area contributed by atoms with Gasteiger partial charge in [-0.15, -0.1) is 11.3 Å². The minimum absolute atomic E-state index is 0.255. The van der Waals surface area contributed by atoms with Gasteiger partial charge in [-0.25, -0.2) is 4.98 Å². The summed E-state index contributed by atoms with van der Waals surface area (Å²) in [5.41, 5.74) is 2.21. The summed E-state index contributed by atoms with van der Waals surface area (Å²) in [7, 11) is 0. The first kappa shape index (κ1) is 15.5. The van der Waals surface area contributed by atoms with Crippen molar-refractivity contribution in [3.05, 3.63) is 44.3 Å². The van der Waals surface area contributed by atoms with E-state index in [1.54, 1.807) is 11.3 Å². The summed E-state index contributed by atoms with van der Waals surface area (Å²) in [6, 6.07) is 6.37. The van der Waals surface area contributed by atoms with Crippen molar-refractivity contribution in [1.29, 1.82) is 0 Å². The van der Waals surface area contributed by atoms with E-state index in [1.165, 1.54) is 0 Å². The SMILES string of the molecule is CCNC(C)c1cc(Br)ccc1OCc1nc(C)cs1. The van der Waals surface area contributed by atoms with Crippen LogP contribution in [0.2, 0.25) is 0 Å². The van der Waals surface area contributed by atoms with E-state index < -0.39 is 0 Å². The minimum atomic E-state index is 0.255. The van der Waals surface area contributed by atoms with Crippen LogP contribution in [-0.2, 0) is 6.61 Å². The average Bonchev–Trinajstić information content (AvgIpc) is 2.83. The third kappa shape index (κ3) is 4.04. The Bertz CT molecular complexity index is 571. The molecule has 1 aromatic carbocycles. The Kier molecular flexibility index (Phi) is 5.57. The molecular weight excluding hydrogens is 336 g/mol. The fourth-order valence-electron chi connectivity index (χ4n) is 2.01. The first-order valence-corrected chi connectivity index (χ1v) is 8.34. The lowest BCUT2D eigenvalue weighted by Gasteiger charge is -2.17. The fourth-order valence-corrected chi connectivity index (χ4v) is 3.08. The van der Waals surface area contributed by atoms with Gasteiger partial charge < -0.3 is 10.1 Å². The molecule has 0 amide bonds. The molecule has 0 aliphatic heterocycles. The molecule has 5 heteroatoms. The molecule has 108 valence electrons. The molecule has 20 heavy (non-hydrogen) atoms. The quantitative estimate of drug-likeness (QED) is 0.831. The lowest BCUT2D eigenvalue weighted by atomic mass is 10.1. The Morgan fingerprint density at radius 2 is 2.25 bits per heavy atom. The summed E-state index contributed by atoms with van der Waals surface area (Å²) < 4.78 is 7.01. The van der Waals surface area contributed by atoms with Crippen molar-refractivity contribution in [2.75, 3.05) is 6.54 Å². The third-order valence-electron chi connectivity index (χ3n) is 2.97. The van der Waals surface area contributed by atoms with Gasteiger partial charge in [0.05, 0.1) is 0 Å². The van der Waals surface area contributed by atoms with E-state index in [2.05, 4.69) is 46.1 Å². The molecule has 1 N–H and O–H groups in total. The van der Waals surface area contributed by atoms with Gasteiger partial charge in [0, 0.05) is 27.2 Å². The van der Waals surface area contributed by atoms with Crippen molar-refractivity contribution in [3.8, 4) is 5.75 Å². The molecule has 2 rings (SSSR count). The molecule has 0 bridgehead atoms. The van der Waals surface area contributed by atoms with Gasteiger partial charge in [0.1, 0.15) is 17.4 Å². The number of aromatic nitrogens is 1. The zero-order chi connectivity index (χ0) is 14.5. The largest absolute Gasteiger partial charge is 0.486 e. The number of nitrogens with zero attached hydrogens (tertiary/aromatic N) is 1. The molecule has 1 unspecified atom stereocenters. The molecule has 1 heterocycles. The summed E-state index contributed by atoms with van der Waals surface area (Å²) in [5, 5.41) is 6.47. The van der Waals surface area contributed by atoms with Gasteiger partial charge in [0.15, 0.2) is 0 Å². The van der Waals surface area contributed by atoms with E-state index in [0.717, 1.165) is 33.0 Å². The molecule has 0 spiro atoms. The van der Waals surface area contributed by atoms with Gasteiger partial charge in [-0.05, 0) is 38.6 Å². The van der Waals surface area contributed by atoms with Crippen LogP contribution in [0.25, 0.3) is 0 Å². The second-order valence-corrected chi connectivity index (χ2v) is 6.49. The summed E-state index contributed by atoms with van der Waals surface area (Å²) in [5.74, 6) is 0.912. The highest BCUT2D eigenvalue weighted by Gasteiger charge is 2.12. The molecule has 0 saturated heterocycles. The van der Waals surface area contributed by atoms with Crippen LogP contribution in [0.4, 0.5) is 0 Å². The van der Waals surface area contributed by atoms with E-state index in [4.69, 9.17) is 4.74 Å². The Hall–Kier alpha value is -0.910. The predicted octanol–water partition coefficient (Wildman–Crippen LogP) is 4.46. The summed E-state index contributed by atoms with van der Waals surface area (Å²) in [4.78, 5) is 4.42. The van der Waals surface area contributed by atoms with Crippen molar-refractivity contribution in [2.24, 2.45) is 0 Å². The Morgan fingerprint density at radius 1 is 1.45 bits per heavy atom. The zero-order valence-electron chi connectivity index (χ0n) is 11.9. The first-order chi connectivity index (χ1) is 9.60. The summed E-state index contributed by atoms with van der Waals surface area (Å²) in [6.45, 7) is 7.70. The highest BCUT2D eigenvalue weighted by Crippen LogP contribution is 2.29. The van der Waals surface area contributed by atoms with E-state index in [1.807, 2.05) is 24.4 Å². The van der Waals surface area contributed by atoms with Crippen LogP contribution in [-0.4, -0.2) is 11.5 Å². The van der Waals surface area contributed by atoms with Gasteiger partial charge in [-0.1, -0.05) is 22.9 Å². The van der Waals surface area contributed by atoms with Crippen molar-refractivity contribution in [1.82, 2.24) is 10.3 Å². The monoisotopic (exact) mass is 354 g/mol. The van der Waals surface area contributed by atoms with E-state index in [9.17, 15) is 0 Å². The number of hydrogen-bond acceptors (Lipinski definition) is 4. The van der Waals surface area contributed by atoms with Gasteiger partial charge in [-0.2, -0.15) is 0 Å². The number of hydrogen-bond donors (Lipinski definition) is 1. The number of halogens is 1. The van der Waals surface area contributed by atoms with Crippen LogP contribution in [0.1, 0.15) is 36.2 Å². The molecule has 0 aliphatic carbocycles. The number of aryl methyl sites for hydroxylation is 1. The third-order valence-corrected chi connectivity index (χ3v) is 4.40. The number of nitrogens with one attached hydrogen (secondary N) is 1. The van der Waals surface area contributed by atoms with Gasteiger partial charge in [-0.3, -0.25) is 0 Å². The fraction of sp³-hybridized carbons (Fsp3) is 0.400. The smallest absolute Gasteiger partial charge is 0.140 e. The van der Waals surface area contributed by atoms with Crippen molar-refractivity contribution >= 4 is 27.3 Å². The number of benzene rings is 1. The molecule has 2 aromatic rings. The highest BCUT2D eigenvalue weighted by atomic mass is 79.9. The normalized spacial score (nSPS) is 12.4. The van der Waals surface area contributed by atoms with Crippen molar-refractivity contribution in [3.63, 3.8) is 0 Å². The average molecular weight is 355 g/mol. The maximum absolute atomic E-state index is 5.95. The van der Waals surface area contributed by atoms with Crippen LogP contribution in [0.5, 0.6) is 5.75 Å². The Labute approximate surface area is 132 Å². The second kappa shape index (κ2) is 7.20. The number of ether oxygens (including phenoxy) is 1.